The van der Waals surface area contributed by atoms with Crippen LogP contribution in [0, 0.1) is 0 Å². The van der Waals surface area contributed by atoms with Crippen molar-refractivity contribution in [2.24, 2.45) is 5.73 Å². The number of nitrogens with zero attached hydrogens (tertiary/aromatic N) is 2. The molecular weight excluding hydrogens is 238 g/mol. The van der Waals surface area contributed by atoms with Crippen LogP contribution in [0.2, 0.25) is 0 Å². The van der Waals surface area contributed by atoms with E-state index in [-0.39, 0.29) is 17.5 Å². The van der Waals surface area contributed by atoms with E-state index >= 15 is 0 Å². The van der Waals surface area contributed by atoms with Gasteiger partial charge in [0.15, 0.2) is 0 Å². The molecule has 0 saturated heterocycles. The van der Waals surface area contributed by atoms with Gasteiger partial charge in [-0.25, -0.2) is 0 Å². The Morgan fingerprint density at radius 2 is 2.16 bits per heavy atom. The average molecular weight is 263 g/mol. The van der Waals surface area contributed by atoms with Crippen LogP contribution in [0.1, 0.15) is 46.1 Å². The summed E-state index contributed by atoms with van der Waals surface area (Å²) >= 11 is 0. The number of nitrogens with two attached hydrogens (primary N) is 1. The third-order valence-electron chi connectivity index (χ3n) is 3.00. The number of hydrogen-bond donors (Lipinski definition) is 1. The van der Waals surface area contributed by atoms with Crippen LogP contribution < -0.4 is 5.73 Å². The molecule has 0 atom stereocenters. The molecule has 0 aliphatic carbocycles. The summed E-state index contributed by atoms with van der Waals surface area (Å²) in [7, 11) is 0. The second-order valence-electron chi connectivity index (χ2n) is 5.97. The van der Waals surface area contributed by atoms with Gasteiger partial charge < -0.3 is 10.6 Å². The summed E-state index contributed by atoms with van der Waals surface area (Å²) in [6.07, 6.45) is 4.72. The maximum absolute atomic E-state index is 12.3. The Hall–Kier alpha value is -1.42. The predicted molar refractivity (Wildman–Crippen MR) is 77.4 cm³/mol. The fourth-order valence-corrected chi connectivity index (χ4v) is 1.82. The van der Waals surface area contributed by atoms with Gasteiger partial charge in [-0.05, 0) is 45.7 Å². The van der Waals surface area contributed by atoms with E-state index in [2.05, 4.69) is 4.98 Å². The molecule has 19 heavy (non-hydrogen) atoms. The minimum Gasteiger partial charge on any atom is -0.336 e. The average Bonchev–Trinajstić information content (AvgIpc) is 2.33. The third-order valence-corrected chi connectivity index (χ3v) is 3.00. The molecule has 0 bridgehead atoms. The number of aromatic nitrogens is 1. The molecule has 1 rings (SSSR count). The van der Waals surface area contributed by atoms with Gasteiger partial charge in [-0.3, -0.25) is 9.78 Å². The van der Waals surface area contributed by atoms with E-state index in [1.165, 1.54) is 0 Å². The van der Waals surface area contributed by atoms with E-state index < -0.39 is 0 Å². The summed E-state index contributed by atoms with van der Waals surface area (Å²) in [6, 6.07) is 4.05. The Balaban J connectivity index is 2.65. The molecule has 0 fully saturated rings. The third kappa shape index (κ3) is 5.83. The number of rotatable bonds is 6. The van der Waals surface area contributed by atoms with Gasteiger partial charge in [0.2, 0.25) is 5.91 Å². The number of amides is 1. The lowest BCUT2D eigenvalue weighted by atomic mass is 9.99. The second-order valence-corrected chi connectivity index (χ2v) is 5.97. The molecule has 0 aliphatic rings. The fraction of sp³-hybridized carbons (Fsp3) is 0.600. The molecule has 2 N–H and O–H groups in total. The lowest BCUT2D eigenvalue weighted by Gasteiger charge is -2.28. The van der Waals surface area contributed by atoms with Gasteiger partial charge >= 0.3 is 0 Å². The van der Waals surface area contributed by atoms with Crippen molar-refractivity contribution in [1.29, 1.82) is 0 Å². The van der Waals surface area contributed by atoms with Crippen molar-refractivity contribution < 1.29 is 4.79 Å². The molecule has 1 aromatic heterocycles. The minimum atomic E-state index is -0.299. The van der Waals surface area contributed by atoms with Crippen LogP contribution in [0.25, 0.3) is 0 Å². The molecule has 0 aromatic carbocycles. The predicted octanol–water partition coefficient (Wildman–Crippen LogP) is 2.34. The van der Waals surface area contributed by atoms with Crippen molar-refractivity contribution in [3.8, 4) is 0 Å². The molecule has 0 saturated carbocycles. The molecule has 0 radical (unpaired) electrons. The van der Waals surface area contributed by atoms with Crippen LogP contribution in [0.5, 0.6) is 0 Å². The highest BCUT2D eigenvalue weighted by Gasteiger charge is 2.20. The Kier molecular flexibility index (Phi) is 5.48. The maximum atomic E-state index is 12.3. The van der Waals surface area contributed by atoms with Gasteiger partial charge in [0.25, 0.3) is 0 Å². The van der Waals surface area contributed by atoms with Gasteiger partial charge in [0, 0.05) is 36.9 Å². The summed E-state index contributed by atoms with van der Waals surface area (Å²) in [5.74, 6) is 0.150. The summed E-state index contributed by atoms with van der Waals surface area (Å²) in [6.45, 7) is 8.56. The second kappa shape index (κ2) is 6.66. The molecule has 1 aromatic rings. The summed E-state index contributed by atoms with van der Waals surface area (Å²) in [4.78, 5) is 18.2. The van der Waals surface area contributed by atoms with Gasteiger partial charge in [-0.15, -0.1) is 0 Å². The van der Waals surface area contributed by atoms with Crippen molar-refractivity contribution in [1.82, 2.24) is 9.88 Å². The smallest absolute Gasteiger partial charge is 0.223 e. The van der Waals surface area contributed by atoms with Gasteiger partial charge in [-0.2, -0.15) is 0 Å². The molecule has 0 aliphatic heterocycles. The van der Waals surface area contributed by atoms with Crippen LogP contribution in [-0.4, -0.2) is 27.4 Å². The molecule has 0 unspecified atom stereocenters. The first-order valence-corrected chi connectivity index (χ1v) is 6.77. The van der Waals surface area contributed by atoms with E-state index in [1.807, 2.05) is 44.7 Å². The topological polar surface area (TPSA) is 59.2 Å². The van der Waals surface area contributed by atoms with Crippen LogP contribution in [-0.2, 0) is 11.3 Å². The van der Waals surface area contributed by atoms with Crippen molar-refractivity contribution in [2.45, 2.75) is 58.7 Å². The van der Waals surface area contributed by atoms with Crippen molar-refractivity contribution in [2.75, 3.05) is 0 Å². The van der Waals surface area contributed by atoms with Crippen molar-refractivity contribution in [3.05, 3.63) is 30.1 Å². The quantitative estimate of drug-likeness (QED) is 0.857. The van der Waals surface area contributed by atoms with Crippen molar-refractivity contribution >= 4 is 5.91 Å². The lowest BCUT2D eigenvalue weighted by Crippen LogP contribution is -2.39. The van der Waals surface area contributed by atoms with E-state index in [0.717, 1.165) is 5.56 Å². The highest BCUT2D eigenvalue weighted by atomic mass is 16.2. The van der Waals surface area contributed by atoms with Gasteiger partial charge in [-0.1, -0.05) is 6.07 Å². The zero-order chi connectivity index (χ0) is 14.5. The van der Waals surface area contributed by atoms with Crippen LogP contribution in [0.4, 0.5) is 0 Å². The Morgan fingerprint density at radius 1 is 1.47 bits per heavy atom. The molecule has 1 amide bonds. The molecule has 4 heteroatoms. The largest absolute Gasteiger partial charge is 0.336 e. The first-order valence-electron chi connectivity index (χ1n) is 6.77. The number of carbonyl (C=O) groups is 1. The SMILES string of the molecule is CC(C)N(Cc1cccnc1)C(=O)CCC(C)(C)N. The zero-order valence-corrected chi connectivity index (χ0v) is 12.4. The van der Waals surface area contributed by atoms with Gasteiger partial charge in [0.1, 0.15) is 0 Å². The standard InChI is InChI=1S/C15H25N3O/c1-12(2)18(11-13-6-5-9-17-10-13)14(19)7-8-15(3,4)16/h5-6,9-10,12H,7-8,11,16H2,1-4H3. The highest BCUT2D eigenvalue weighted by Crippen LogP contribution is 2.13. The van der Waals surface area contributed by atoms with Crippen LogP contribution in [0.3, 0.4) is 0 Å². The monoisotopic (exact) mass is 263 g/mol. The number of pyridine rings is 1. The molecule has 106 valence electrons. The number of hydrogen-bond acceptors (Lipinski definition) is 3. The first kappa shape index (κ1) is 15.6. The van der Waals surface area contributed by atoms with Crippen LogP contribution in [0.15, 0.2) is 24.5 Å². The Morgan fingerprint density at radius 3 is 2.63 bits per heavy atom. The van der Waals surface area contributed by atoms with Crippen LogP contribution >= 0.6 is 0 Å². The number of carbonyl (C=O) groups excluding carboxylic acids is 1. The fourth-order valence-electron chi connectivity index (χ4n) is 1.82. The molecule has 0 spiro atoms. The van der Waals surface area contributed by atoms with E-state index in [4.69, 9.17) is 5.73 Å². The summed E-state index contributed by atoms with van der Waals surface area (Å²) < 4.78 is 0. The highest BCUT2D eigenvalue weighted by molar-refractivity contribution is 5.76. The first-order chi connectivity index (χ1) is 8.79. The minimum absolute atomic E-state index is 0.150. The maximum Gasteiger partial charge on any atom is 0.223 e. The van der Waals surface area contributed by atoms with Gasteiger partial charge in [0.05, 0.1) is 0 Å². The Labute approximate surface area is 116 Å². The lowest BCUT2D eigenvalue weighted by molar-refractivity contribution is -0.133. The Bertz CT molecular complexity index is 396. The zero-order valence-electron chi connectivity index (χ0n) is 12.4. The molecular formula is C15H25N3O. The van der Waals surface area contributed by atoms with E-state index in [1.54, 1.807) is 12.4 Å². The van der Waals surface area contributed by atoms with E-state index in [9.17, 15) is 4.79 Å². The van der Waals surface area contributed by atoms with Crippen molar-refractivity contribution in [3.63, 3.8) is 0 Å². The molecule has 4 nitrogen and oxygen atoms in total. The summed E-state index contributed by atoms with van der Waals surface area (Å²) in [5, 5.41) is 0. The summed E-state index contributed by atoms with van der Waals surface area (Å²) in [5.41, 5.74) is 6.69. The van der Waals surface area contributed by atoms with E-state index in [0.29, 0.717) is 19.4 Å². The normalized spacial score (nSPS) is 11.7. The molecule has 1 heterocycles.